The van der Waals surface area contributed by atoms with Crippen molar-refractivity contribution in [2.75, 3.05) is 11.1 Å². The fourth-order valence-corrected chi connectivity index (χ4v) is 2.81. The van der Waals surface area contributed by atoms with E-state index in [2.05, 4.69) is 10.3 Å². The number of aromatic nitrogens is 1. The molecule has 0 unspecified atom stereocenters. The Labute approximate surface area is 146 Å². The molecule has 0 bridgehead atoms. The van der Waals surface area contributed by atoms with Crippen LogP contribution in [0.2, 0.25) is 5.02 Å². The van der Waals surface area contributed by atoms with Gasteiger partial charge in [-0.05, 0) is 43.2 Å². The summed E-state index contributed by atoms with van der Waals surface area (Å²) in [7, 11) is 0. The van der Waals surface area contributed by atoms with Gasteiger partial charge in [0, 0.05) is 11.1 Å². The molecule has 2 aromatic rings. The fraction of sp³-hybridized carbons (Fsp3) is 0.250. The maximum atomic E-state index is 12.5. The van der Waals surface area contributed by atoms with E-state index in [1.54, 1.807) is 0 Å². The number of aryl methyl sites for hydroxylation is 2. The number of amides is 1. The molecule has 0 aliphatic rings. The summed E-state index contributed by atoms with van der Waals surface area (Å²) in [5, 5.41) is 2.16. The number of thioether (sulfide) groups is 1. The Bertz CT molecular complexity index is 765. The van der Waals surface area contributed by atoms with E-state index in [1.807, 2.05) is 32.0 Å². The first-order chi connectivity index (χ1) is 11.2. The average molecular weight is 375 g/mol. The number of hydrogen-bond acceptors (Lipinski definition) is 3. The molecule has 0 aliphatic carbocycles. The lowest BCUT2D eigenvalue weighted by Gasteiger charge is -2.10. The van der Waals surface area contributed by atoms with E-state index in [4.69, 9.17) is 11.6 Å². The molecule has 0 atom stereocenters. The highest BCUT2D eigenvalue weighted by atomic mass is 35.5. The molecule has 2 rings (SSSR count). The Morgan fingerprint density at radius 2 is 1.96 bits per heavy atom. The second-order valence-electron chi connectivity index (χ2n) is 5.14. The van der Waals surface area contributed by atoms with Crippen LogP contribution >= 0.6 is 23.4 Å². The quantitative estimate of drug-likeness (QED) is 0.757. The van der Waals surface area contributed by atoms with Gasteiger partial charge in [-0.3, -0.25) is 4.79 Å². The highest BCUT2D eigenvalue weighted by Crippen LogP contribution is 2.32. The largest absolute Gasteiger partial charge is 0.417 e. The predicted molar refractivity (Wildman–Crippen MR) is 89.5 cm³/mol. The van der Waals surface area contributed by atoms with Crippen molar-refractivity contribution < 1.29 is 18.0 Å². The number of carbonyl (C=O) groups excluding carboxylic acids is 1. The van der Waals surface area contributed by atoms with Crippen molar-refractivity contribution in [2.45, 2.75) is 24.9 Å². The van der Waals surface area contributed by atoms with Crippen molar-refractivity contribution in [3.8, 4) is 0 Å². The van der Waals surface area contributed by atoms with Crippen LogP contribution in [-0.4, -0.2) is 16.6 Å². The van der Waals surface area contributed by atoms with Gasteiger partial charge in [0.05, 0.1) is 16.3 Å². The van der Waals surface area contributed by atoms with Crippen LogP contribution in [0.5, 0.6) is 0 Å². The van der Waals surface area contributed by atoms with Gasteiger partial charge in [-0.15, -0.1) is 11.8 Å². The summed E-state index contributed by atoms with van der Waals surface area (Å²) < 4.78 is 37.6. The maximum absolute atomic E-state index is 12.5. The lowest BCUT2D eigenvalue weighted by atomic mass is 10.1. The number of carbonyl (C=O) groups is 1. The Morgan fingerprint density at radius 1 is 1.25 bits per heavy atom. The standard InChI is InChI=1S/C16H14ClF3N2OS/c1-9-3-4-12(5-10(9)2)24-8-14(23)22-15-13(17)6-11(7-21-15)16(18,19)20/h3-7H,8H2,1-2H3,(H,21,22,23). The molecular weight excluding hydrogens is 361 g/mol. The molecule has 128 valence electrons. The van der Waals surface area contributed by atoms with Crippen LogP contribution in [0.15, 0.2) is 35.4 Å². The van der Waals surface area contributed by atoms with Gasteiger partial charge in [0.25, 0.3) is 0 Å². The zero-order chi connectivity index (χ0) is 17.9. The normalized spacial score (nSPS) is 11.4. The Morgan fingerprint density at radius 3 is 2.54 bits per heavy atom. The number of benzene rings is 1. The van der Waals surface area contributed by atoms with Crippen LogP contribution in [0.4, 0.5) is 19.0 Å². The summed E-state index contributed by atoms with van der Waals surface area (Å²) in [5.74, 6) is -0.385. The summed E-state index contributed by atoms with van der Waals surface area (Å²) >= 11 is 7.07. The van der Waals surface area contributed by atoms with E-state index in [0.29, 0.717) is 6.20 Å². The topological polar surface area (TPSA) is 42.0 Å². The molecule has 24 heavy (non-hydrogen) atoms. The molecule has 0 saturated carbocycles. The van der Waals surface area contributed by atoms with E-state index < -0.39 is 17.6 Å². The summed E-state index contributed by atoms with van der Waals surface area (Å²) in [4.78, 5) is 16.4. The fourth-order valence-electron chi connectivity index (χ4n) is 1.81. The second-order valence-corrected chi connectivity index (χ2v) is 6.59. The Balaban J connectivity index is 1.98. The van der Waals surface area contributed by atoms with Crippen molar-refractivity contribution >= 4 is 35.1 Å². The van der Waals surface area contributed by atoms with E-state index >= 15 is 0 Å². The van der Waals surface area contributed by atoms with Gasteiger partial charge < -0.3 is 5.32 Å². The van der Waals surface area contributed by atoms with Gasteiger partial charge in [-0.2, -0.15) is 13.2 Å². The van der Waals surface area contributed by atoms with Crippen LogP contribution in [-0.2, 0) is 11.0 Å². The molecule has 0 fully saturated rings. The highest BCUT2D eigenvalue weighted by molar-refractivity contribution is 8.00. The average Bonchev–Trinajstić information content (AvgIpc) is 2.49. The van der Waals surface area contributed by atoms with Crippen molar-refractivity contribution in [2.24, 2.45) is 0 Å². The van der Waals surface area contributed by atoms with Crippen LogP contribution in [0.25, 0.3) is 0 Å². The minimum absolute atomic E-state index is 0.0876. The number of pyridine rings is 1. The molecule has 0 saturated heterocycles. The second kappa shape index (κ2) is 7.44. The zero-order valence-electron chi connectivity index (χ0n) is 12.9. The van der Waals surface area contributed by atoms with Crippen LogP contribution in [0.1, 0.15) is 16.7 Å². The first-order valence-corrected chi connectivity index (χ1v) is 8.26. The van der Waals surface area contributed by atoms with E-state index in [-0.39, 0.29) is 16.6 Å². The number of rotatable bonds is 4. The molecule has 1 aromatic carbocycles. The Hall–Kier alpha value is -1.73. The predicted octanol–water partition coefficient (Wildman–Crippen LogP) is 5.10. The number of nitrogens with zero attached hydrogens (tertiary/aromatic N) is 1. The van der Waals surface area contributed by atoms with Crippen LogP contribution in [0, 0.1) is 13.8 Å². The highest BCUT2D eigenvalue weighted by Gasteiger charge is 2.31. The number of nitrogens with one attached hydrogen (secondary N) is 1. The van der Waals surface area contributed by atoms with Crippen molar-refractivity contribution in [3.63, 3.8) is 0 Å². The van der Waals surface area contributed by atoms with Gasteiger partial charge in [0.2, 0.25) is 5.91 Å². The zero-order valence-corrected chi connectivity index (χ0v) is 14.4. The molecule has 8 heteroatoms. The Kier molecular flexibility index (Phi) is 5.77. The first kappa shape index (κ1) is 18.6. The van der Waals surface area contributed by atoms with E-state index in [9.17, 15) is 18.0 Å². The van der Waals surface area contributed by atoms with Gasteiger partial charge in [-0.1, -0.05) is 17.7 Å². The number of anilines is 1. The number of hydrogen-bond donors (Lipinski definition) is 1. The summed E-state index contributed by atoms with van der Waals surface area (Å²) in [5.41, 5.74) is 1.31. The maximum Gasteiger partial charge on any atom is 0.417 e. The monoisotopic (exact) mass is 374 g/mol. The third-order valence-corrected chi connectivity index (χ3v) is 4.56. The van der Waals surface area contributed by atoms with Gasteiger partial charge in [0.1, 0.15) is 0 Å². The smallest absolute Gasteiger partial charge is 0.309 e. The van der Waals surface area contributed by atoms with Crippen LogP contribution < -0.4 is 5.32 Å². The van der Waals surface area contributed by atoms with Gasteiger partial charge >= 0.3 is 6.18 Å². The molecule has 0 spiro atoms. The van der Waals surface area contributed by atoms with Crippen molar-refractivity contribution in [1.29, 1.82) is 0 Å². The van der Waals surface area contributed by atoms with Gasteiger partial charge in [-0.25, -0.2) is 4.98 Å². The van der Waals surface area contributed by atoms with E-state index in [0.717, 1.165) is 22.1 Å². The van der Waals surface area contributed by atoms with Crippen LogP contribution in [0.3, 0.4) is 0 Å². The third-order valence-electron chi connectivity index (χ3n) is 3.27. The summed E-state index contributed by atoms with van der Waals surface area (Å²) in [6.45, 7) is 3.97. The minimum Gasteiger partial charge on any atom is -0.309 e. The molecular formula is C16H14ClF3N2OS. The summed E-state index contributed by atoms with van der Waals surface area (Å²) in [6.07, 6.45) is -3.89. The lowest BCUT2D eigenvalue weighted by molar-refractivity contribution is -0.137. The van der Waals surface area contributed by atoms with Crippen molar-refractivity contribution in [3.05, 3.63) is 52.2 Å². The van der Waals surface area contributed by atoms with E-state index in [1.165, 1.54) is 11.8 Å². The van der Waals surface area contributed by atoms with Gasteiger partial charge in [0.15, 0.2) is 5.82 Å². The number of alkyl halides is 3. The molecule has 1 heterocycles. The lowest BCUT2D eigenvalue weighted by Crippen LogP contribution is -2.16. The number of halogens is 4. The molecule has 1 amide bonds. The molecule has 1 N–H and O–H groups in total. The molecule has 0 radical (unpaired) electrons. The first-order valence-electron chi connectivity index (χ1n) is 6.89. The molecule has 3 nitrogen and oxygen atoms in total. The molecule has 0 aliphatic heterocycles. The third kappa shape index (κ3) is 4.88. The van der Waals surface area contributed by atoms with Crippen molar-refractivity contribution in [1.82, 2.24) is 4.98 Å². The molecule has 1 aromatic heterocycles. The minimum atomic E-state index is -4.53. The summed E-state index contributed by atoms with van der Waals surface area (Å²) in [6, 6.07) is 6.57. The SMILES string of the molecule is Cc1ccc(SCC(=O)Nc2ncc(C(F)(F)F)cc2Cl)cc1C.